The topological polar surface area (TPSA) is 79.7 Å². The summed E-state index contributed by atoms with van der Waals surface area (Å²) in [5, 5.41) is 11.5. The van der Waals surface area contributed by atoms with Crippen LogP contribution in [0.3, 0.4) is 0 Å². The minimum absolute atomic E-state index is 0.0665. The largest absolute Gasteiger partial charge is 0.507 e. The van der Waals surface area contributed by atoms with Crippen molar-refractivity contribution >= 4 is 44.1 Å². The number of carbonyl (C=O) groups is 2. The smallest absolute Gasteiger partial charge is 0.301 e. The summed E-state index contributed by atoms with van der Waals surface area (Å²) in [7, 11) is 0. The summed E-state index contributed by atoms with van der Waals surface area (Å²) in [5.41, 5.74) is 2.60. The molecule has 0 bridgehead atoms. The second kappa shape index (κ2) is 9.78. The number of halogens is 1. The fraction of sp³-hybridized carbons (Fsp3) is 0.207. The van der Waals surface area contributed by atoms with Crippen LogP contribution in [0.4, 0.5) is 9.52 Å². The predicted octanol–water partition coefficient (Wildman–Crippen LogP) is 6.58. The number of ketones is 1. The maximum atomic E-state index is 13.5. The maximum Gasteiger partial charge on any atom is 0.301 e. The molecule has 1 atom stereocenters. The normalized spacial score (nSPS) is 17.2. The van der Waals surface area contributed by atoms with E-state index < -0.39 is 23.5 Å². The van der Waals surface area contributed by atoms with Crippen molar-refractivity contribution in [1.29, 1.82) is 0 Å². The fourth-order valence-electron chi connectivity index (χ4n) is 4.42. The van der Waals surface area contributed by atoms with E-state index in [1.165, 1.54) is 40.5 Å². The minimum atomic E-state index is -0.904. The van der Waals surface area contributed by atoms with Crippen molar-refractivity contribution < 1.29 is 23.8 Å². The summed E-state index contributed by atoms with van der Waals surface area (Å²) in [6.07, 6.45) is 0. The molecule has 1 fully saturated rings. The van der Waals surface area contributed by atoms with Crippen LogP contribution >= 0.6 is 11.3 Å². The lowest BCUT2D eigenvalue weighted by atomic mass is 9.93. The summed E-state index contributed by atoms with van der Waals surface area (Å²) in [5.74, 6) is -1.47. The van der Waals surface area contributed by atoms with Crippen molar-refractivity contribution in [3.63, 3.8) is 0 Å². The van der Waals surface area contributed by atoms with Gasteiger partial charge in [-0.25, -0.2) is 9.37 Å². The Balaban J connectivity index is 1.68. The Kier molecular flexibility index (Phi) is 6.52. The van der Waals surface area contributed by atoms with Gasteiger partial charge in [-0.2, -0.15) is 0 Å². The molecular weight excluding hydrogens is 491 g/mol. The third-order valence-corrected chi connectivity index (χ3v) is 7.36. The molecule has 0 radical (unpaired) electrons. The van der Waals surface area contributed by atoms with Gasteiger partial charge in [0.05, 0.1) is 28.4 Å². The molecule has 1 aliphatic heterocycles. The summed E-state index contributed by atoms with van der Waals surface area (Å²) in [6, 6.07) is 17.3. The van der Waals surface area contributed by atoms with E-state index in [9.17, 15) is 19.1 Å². The molecule has 1 aliphatic rings. The molecule has 0 aliphatic carbocycles. The van der Waals surface area contributed by atoms with Crippen LogP contribution < -0.4 is 9.64 Å². The number of benzene rings is 3. The van der Waals surface area contributed by atoms with E-state index in [4.69, 9.17) is 4.74 Å². The monoisotopic (exact) mass is 516 g/mol. The van der Waals surface area contributed by atoms with E-state index in [0.717, 1.165) is 10.3 Å². The van der Waals surface area contributed by atoms with E-state index in [2.05, 4.69) is 18.8 Å². The molecule has 6 nitrogen and oxygen atoms in total. The molecule has 4 aromatic rings. The first-order chi connectivity index (χ1) is 17.8. The summed E-state index contributed by atoms with van der Waals surface area (Å²) in [6.45, 7) is 6.56. The van der Waals surface area contributed by atoms with Crippen molar-refractivity contribution in [2.24, 2.45) is 0 Å². The molecule has 1 saturated heterocycles. The zero-order valence-corrected chi connectivity index (χ0v) is 21.4. The highest BCUT2D eigenvalue weighted by molar-refractivity contribution is 7.22. The molecular formula is C29H25FN2O4S. The van der Waals surface area contributed by atoms with Crippen molar-refractivity contribution in [3.05, 3.63) is 94.8 Å². The zero-order chi connectivity index (χ0) is 26.3. The molecule has 188 valence electrons. The van der Waals surface area contributed by atoms with Crippen LogP contribution in [-0.2, 0) is 9.59 Å². The molecule has 1 amide bonds. The van der Waals surface area contributed by atoms with E-state index in [-0.39, 0.29) is 16.9 Å². The molecule has 5 rings (SSSR count). The van der Waals surface area contributed by atoms with Crippen LogP contribution in [-0.4, -0.2) is 28.4 Å². The standard InChI is InChI=1S/C29H25FN2O4S/c1-4-36-21-13-14-22-23(15-21)37-29(31-22)32-25(18-7-5-17(6-8-18)16(2)3)24(27(34)28(32)35)26(33)19-9-11-20(30)12-10-19/h5-16,25,33H,4H2,1-3H3/b26-24+. The van der Waals surface area contributed by atoms with Gasteiger partial charge in [0.2, 0.25) is 0 Å². The number of ether oxygens (including phenoxy) is 1. The Morgan fingerprint density at radius 2 is 1.78 bits per heavy atom. The number of hydrogen-bond acceptors (Lipinski definition) is 6. The lowest BCUT2D eigenvalue weighted by Gasteiger charge is -2.23. The second-order valence-corrected chi connectivity index (χ2v) is 10.1. The average molecular weight is 517 g/mol. The Labute approximate surface area is 217 Å². The van der Waals surface area contributed by atoms with Crippen molar-refractivity contribution in [2.75, 3.05) is 11.5 Å². The number of aromatic nitrogens is 1. The molecule has 3 aromatic carbocycles. The van der Waals surface area contributed by atoms with E-state index in [1.54, 1.807) is 6.07 Å². The number of aliphatic hydroxyl groups is 1. The molecule has 0 saturated carbocycles. The van der Waals surface area contributed by atoms with E-state index >= 15 is 0 Å². The quantitative estimate of drug-likeness (QED) is 0.178. The summed E-state index contributed by atoms with van der Waals surface area (Å²) in [4.78, 5) is 32.8. The number of rotatable bonds is 6. The number of fused-ring (bicyclic) bond motifs is 1. The van der Waals surface area contributed by atoms with Gasteiger partial charge in [-0.1, -0.05) is 49.4 Å². The Hall–Kier alpha value is -4.04. The van der Waals surface area contributed by atoms with Gasteiger partial charge in [0, 0.05) is 5.56 Å². The number of anilines is 1. The maximum absolute atomic E-state index is 13.5. The number of carbonyl (C=O) groups excluding carboxylic acids is 2. The molecule has 0 spiro atoms. The molecule has 2 heterocycles. The van der Waals surface area contributed by atoms with Gasteiger partial charge in [-0.3, -0.25) is 14.5 Å². The van der Waals surface area contributed by atoms with Crippen molar-refractivity contribution in [3.8, 4) is 5.75 Å². The highest BCUT2D eigenvalue weighted by Crippen LogP contribution is 2.44. The Bertz CT molecular complexity index is 1520. The van der Waals surface area contributed by atoms with E-state index in [1.807, 2.05) is 43.3 Å². The van der Waals surface area contributed by atoms with Gasteiger partial charge >= 0.3 is 5.91 Å². The van der Waals surface area contributed by atoms with Crippen LogP contribution in [0.15, 0.2) is 72.3 Å². The SMILES string of the molecule is CCOc1ccc2nc(N3C(=O)C(=O)/C(=C(/O)c4ccc(F)cc4)C3c3ccc(C(C)C)cc3)sc2c1. The van der Waals surface area contributed by atoms with Crippen molar-refractivity contribution in [2.45, 2.75) is 32.7 Å². The third-order valence-electron chi connectivity index (χ3n) is 6.35. The van der Waals surface area contributed by atoms with Gasteiger partial charge in [-0.15, -0.1) is 0 Å². The lowest BCUT2D eigenvalue weighted by molar-refractivity contribution is -0.132. The highest BCUT2D eigenvalue weighted by Gasteiger charge is 2.48. The molecule has 1 unspecified atom stereocenters. The summed E-state index contributed by atoms with van der Waals surface area (Å²) >= 11 is 1.27. The predicted molar refractivity (Wildman–Crippen MR) is 143 cm³/mol. The first kappa shape index (κ1) is 24.6. The minimum Gasteiger partial charge on any atom is -0.507 e. The average Bonchev–Trinajstić information content (AvgIpc) is 3.42. The molecule has 37 heavy (non-hydrogen) atoms. The summed E-state index contributed by atoms with van der Waals surface area (Å²) < 4.78 is 19.9. The number of hydrogen-bond donors (Lipinski definition) is 1. The third kappa shape index (κ3) is 4.49. The first-order valence-electron chi connectivity index (χ1n) is 12.0. The van der Waals surface area contributed by atoms with Crippen LogP contribution in [0.1, 0.15) is 49.4 Å². The number of thiazole rings is 1. The zero-order valence-electron chi connectivity index (χ0n) is 20.6. The molecule has 8 heteroatoms. The molecule has 1 N–H and O–H groups in total. The van der Waals surface area contributed by atoms with Crippen LogP contribution in [0, 0.1) is 5.82 Å². The van der Waals surface area contributed by atoms with Crippen molar-refractivity contribution in [1.82, 2.24) is 4.98 Å². The van der Waals surface area contributed by atoms with Gasteiger partial charge in [0.15, 0.2) is 5.13 Å². The van der Waals surface area contributed by atoms with Gasteiger partial charge in [0.1, 0.15) is 17.3 Å². The van der Waals surface area contributed by atoms with E-state index in [0.29, 0.717) is 34.5 Å². The first-order valence-corrected chi connectivity index (χ1v) is 12.8. The number of aliphatic hydroxyl groups excluding tert-OH is 1. The second-order valence-electron chi connectivity index (χ2n) is 9.06. The lowest BCUT2D eigenvalue weighted by Crippen LogP contribution is -2.29. The fourth-order valence-corrected chi connectivity index (χ4v) is 5.44. The molecule has 1 aromatic heterocycles. The highest BCUT2D eigenvalue weighted by atomic mass is 32.1. The Morgan fingerprint density at radius 3 is 2.43 bits per heavy atom. The van der Waals surface area contributed by atoms with Gasteiger partial charge < -0.3 is 9.84 Å². The van der Waals surface area contributed by atoms with Crippen LogP contribution in [0.25, 0.3) is 16.0 Å². The number of amides is 1. The van der Waals surface area contributed by atoms with Crippen LogP contribution in [0.2, 0.25) is 0 Å². The number of nitrogens with zero attached hydrogens (tertiary/aromatic N) is 2. The van der Waals surface area contributed by atoms with Crippen LogP contribution in [0.5, 0.6) is 5.75 Å². The Morgan fingerprint density at radius 1 is 1.08 bits per heavy atom. The van der Waals surface area contributed by atoms with Gasteiger partial charge in [0.25, 0.3) is 5.78 Å². The van der Waals surface area contributed by atoms with Gasteiger partial charge in [-0.05, 0) is 66.4 Å². The number of Topliss-reactive ketones (excluding diaryl/α,β-unsaturated/α-hetero) is 1.